The molecule has 0 bridgehead atoms. The van der Waals surface area contributed by atoms with Crippen molar-refractivity contribution in [1.82, 2.24) is 4.72 Å². The highest BCUT2D eigenvalue weighted by Gasteiger charge is 2.38. The molecule has 2 heterocycles. The van der Waals surface area contributed by atoms with Crippen LogP contribution < -0.4 is 9.62 Å². The fourth-order valence-electron chi connectivity index (χ4n) is 4.96. The Labute approximate surface area is 245 Å². The number of aliphatic hydroxyl groups excluding tert-OH is 3. The van der Waals surface area contributed by atoms with Gasteiger partial charge in [-0.05, 0) is 72.0 Å². The van der Waals surface area contributed by atoms with Gasteiger partial charge in [0.05, 0.1) is 12.7 Å². The Morgan fingerprint density at radius 2 is 1.73 bits per heavy atom. The lowest BCUT2D eigenvalue weighted by atomic mass is 10.0. The van der Waals surface area contributed by atoms with E-state index in [4.69, 9.17) is 4.74 Å². The molecule has 1 aromatic heterocycles. The number of nitriles is 1. The summed E-state index contributed by atoms with van der Waals surface area (Å²) in [5, 5.41) is 41.5. The van der Waals surface area contributed by atoms with Gasteiger partial charge in [-0.1, -0.05) is 32.0 Å². The lowest BCUT2D eigenvalue weighted by molar-refractivity contribution is -0.184. The van der Waals surface area contributed by atoms with Gasteiger partial charge in [0.25, 0.3) is 10.0 Å². The van der Waals surface area contributed by atoms with E-state index in [1.807, 2.05) is 6.07 Å². The van der Waals surface area contributed by atoms with Crippen LogP contribution in [0.2, 0.25) is 0 Å². The van der Waals surface area contributed by atoms with E-state index in [1.165, 1.54) is 17.0 Å². The zero-order valence-corrected chi connectivity index (χ0v) is 25.1. The summed E-state index contributed by atoms with van der Waals surface area (Å²) in [6.07, 6.45) is -3.08. The molecule has 4 N–H and O–H groups in total. The number of nitrogens with zero attached hydrogens (tertiary/aromatic N) is 2. The van der Waals surface area contributed by atoms with Crippen molar-refractivity contribution in [3.63, 3.8) is 0 Å². The number of allylic oxidation sites excluding steroid dienone is 2. The summed E-state index contributed by atoms with van der Waals surface area (Å²) < 4.78 is 33.6. The maximum atomic E-state index is 13.0. The van der Waals surface area contributed by atoms with Crippen LogP contribution in [0.25, 0.3) is 26.8 Å². The summed E-state index contributed by atoms with van der Waals surface area (Å²) >= 11 is 1.40. The van der Waals surface area contributed by atoms with Gasteiger partial charge in [-0.3, -0.25) is 0 Å². The minimum atomic E-state index is -4.24. The Morgan fingerprint density at radius 3 is 2.41 bits per heavy atom. The molecule has 4 atom stereocenters. The molecule has 4 unspecified atom stereocenters. The van der Waals surface area contributed by atoms with Crippen LogP contribution in [0.3, 0.4) is 0 Å². The van der Waals surface area contributed by atoms with Crippen molar-refractivity contribution >= 4 is 43.4 Å². The van der Waals surface area contributed by atoms with E-state index < -0.39 is 39.3 Å². The molecule has 1 aliphatic heterocycles. The molecule has 11 heteroatoms. The minimum Gasteiger partial charge on any atom is -0.388 e. The van der Waals surface area contributed by atoms with Crippen LogP contribution in [0.4, 0.5) is 5.69 Å². The molecule has 0 radical (unpaired) electrons. The van der Waals surface area contributed by atoms with Crippen molar-refractivity contribution in [3.05, 3.63) is 58.3 Å². The van der Waals surface area contributed by atoms with Gasteiger partial charge >= 0.3 is 0 Å². The Bertz CT molecular complexity index is 1540. The molecule has 1 aliphatic rings. The second kappa shape index (κ2) is 13.4. The third kappa shape index (κ3) is 6.98. The number of ether oxygens (including phenoxy) is 1. The molecule has 0 spiro atoms. The molecule has 220 valence electrons. The monoisotopic (exact) mass is 599 g/mol. The predicted octanol–water partition coefficient (Wildman–Crippen LogP) is 3.85. The maximum absolute atomic E-state index is 13.0. The van der Waals surface area contributed by atoms with Crippen molar-refractivity contribution in [3.8, 4) is 16.5 Å². The van der Waals surface area contributed by atoms with Gasteiger partial charge in [0.1, 0.15) is 24.4 Å². The Kier molecular flexibility index (Phi) is 10.2. The topological polar surface area (TPSA) is 143 Å². The normalized spacial score (nSPS) is 21.9. The number of benzene rings is 2. The summed E-state index contributed by atoms with van der Waals surface area (Å²) in [5.74, 6) is 0. The number of thiophene rings is 1. The largest absolute Gasteiger partial charge is 0.388 e. The fraction of sp³-hybridized carbons (Fsp3) is 0.433. The minimum absolute atomic E-state index is 0.241. The lowest BCUT2D eigenvalue weighted by Gasteiger charge is -2.35. The quantitative estimate of drug-likeness (QED) is 0.244. The number of rotatable bonds is 11. The van der Waals surface area contributed by atoms with E-state index in [0.717, 1.165) is 47.1 Å². The van der Waals surface area contributed by atoms with Gasteiger partial charge in [-0.25, -0.2) is 13.1 Å². The van der Waals surface area contributed by atoms with E-state index in [-0.39, 0.29) is 13.2 Å². The van der Waals surface area contributed by atoms with Gasteiger partial charge in [-0.2, -0.15) is 5.26 Å². The smallest absolute Gasteiger partial charge is 0.251 e. The standard InChI is InChI=1S/C30H37N3O6S2/c1-4-12-33(13-5-2)23-9-8-20-14-22(7-6-21(20)15-23)27-11-10-26(40-27)19(3)28(16-31)41(37,38)32-17-25-30(36)29(35)24(34)18-39-25/h6-11,14-15,24-25,29-30,32,34-36H,4-5,12-13,17-18H2,1-3H3. The van der Waals surface area contributed by atoms with Crippen LogP contribution in [-0.4, -0.2) is 74.4 Å². The summed E-state index contributed by atoms with van der Waals surface area (Å²) in [7, 11) is -4.24. The van der Waals surface area contributed by atoms with E-state index >= 15 is 0 Å². The summed E-state index contributed by atoms with van der Waals surface area (Å²) in [6, 6.07) is 18.3. The Hall–Kier alpha value is -2.82. The highest BCUT2D eigenvalue weighted by atomic mass is 32.2. The number of nitrogens with one attached hydrogen (secondary N) is 1. The molecule has 9 nitrogen and oxygen atoms in total. The maximum Gasteiger partial charge on any atom is 0.251 e. The molecule has 0 aliphatic carbocycles. The summed E-state index contributed by atoms with van der Waals surface area (Å²) in [6.45, 7) is 7.38. The highest BCUT2D eigenvalue weighted by molar-refractivity contribution is 7.93. The van der Waals surface area contributed by atoms with Crippen LogP contribution in [0.5, 0.6) is 0 Å². The number of anilines is 1. The van der Waals surface area contributed by atoms with Crippen molar-refractivity contribution in [2.24, 2.45) is 0 Å². The first-order chi connectivity index (χ1) is 19.6. The van der Waals surface area contributed by atoms with Crippen LogP contribution in [0.15, 0.2) is 53.4 Å². The van der Waals surface area contributed by atoms with Crippen molar-refractivity contribution in [2.75, 3.05) is 31.1 Å². The molecule has 3 aromatic rings. The number of aliphatic hydroxyl groups is 3. The molecule has 2 aromatic carbocycles. The average molecular weight is 600 g/mol. The molecule has 0 amide bonds. The molecule has 1 saturated heterocycles. The second-order valence-corrected chi connectivity index (χ2v) is 13.0. The van der Waals surface area contributed by atoms with Crippen LogP contribution in [0.1, 0.15) is 38.5 Å². The molecular weight excluding hydrogens is 562 g/mol. The zero-order valence-electron chi connectivity index (χ0n) is 23.4. The highest BCUT2D eigenvalue weighted by Crippen LogP contribution is 2.35. The first-order valence-corrected chi connectivity index (χ1v) is 16.0. The van der Waals surface area contributed by atoms with Crippen molar-refractivity contribution in [1.29, 1.82) is 5.26 Å². The van der Waals surface area contributed by atoms with Gasteiger partial charge in [0.15, 0.2) is 4.91 Å². The summed E-state index contributed by atoms with van der Waals surface area (Å²) in [4.78, 5) is 3.55. The van der Waals surface area contributed by atoms with Gasteiger partial charge in [0, 0.05) is 35.1 Å². The molecule has 4 rings (SSSR count). The predicted molar refractivity (Wildman–Crippen MR) is 163 cm³/mol. The van der Waals surface area contributed by atoms with Crippen LogP contribution in [0, 0.1) is 11.3 Å². The Morgan fingerprint density at radius 1 is 1.05 bits per heavy atom. The van der Waals surface area contributed by atoms with E-state index in [9.17, 15) is 29.0 Å². The van der Waals surface area contributed by atoms with Crippen molar-refractivity contribution < 1.29 is 28.5 Å². The van der Waals surface area contributed by atoms with E-state index in [1.54, 1.807) is 19.1 Å². The average Bonchev–Trinajstić information content (AvgIpc) is 3.46. The fourth-order valence-corrected chi connectivity index (χ4v) is 7.19. The number of hydrogen-bond donors (Lipinski definition) is 4. The van der Waals surface area contributed by atoms with Gasteiger partial charge < -0.3 is 25.0 Å². The third-order valence-electron chi connectivity index (χ3n) is 7.23. The van der Waals surface area contributed by atoms with Crippen LogP contribution in [-0.2, 0) is 14.8 Å². The van der Waals surface area contributed by atoms with Gasteiger partial charge in [0.2, 0.25) is 0 Å². The van der Waals surface area contributed by atoms with Crippen molar-refractivity contribution in [2.45, 2.75) is 58.0 Å². The first-order valence-electron chi connectivity index (χ1n) is 13.7. The van der Waals surface area contributed by atoms with Gasteiger partial charge in [-0.15, -0.1) is 11.3 Å². The van der Waals surface area contributed by atoms with E-state index in [0.29, 0.717) is 10.5 Å². The molecular formula is C30H37N3O6S2. The first kappa shape index (κ1) is 31.1. The molecule has 0 saturated carbocycles. The number of hydrogen-bond acceptors (Lipinski definition) is 9. The second-order valence-electron chi connectivity index (χ2n) is 10.2. The molecule has 1 fully saturated rings. The summed E-state index contributed by atoms with van der Waals surface area (Å²) in [5.41, 5.74) is 2.51. The SMILES string of the molecule is CCCN(CCC)c1ccc2cc(-c3ccc(C(C)=C(C#N)S(=O)(=O)NCC4OCC(O)C(O)C4O)s3)ccc2c1. The zero-order chi connectivity index (χ0) is 29.7. The Balaban J connectivity index is 1.54. The van der Waals surface area contributed by atoms with E-state index in [2.05, 4.69) is 59.9 Å². The lowest BCUT2D eigenvalue weighted by Crippen LogP contribution is -2.56. The van der Waals surface area contributed by atoms with Crippen LogP contribution >= 0.6 is 11.3 Å². The number of fused-ring (bicyclic) bond motifs is 1. The third-order valence-corrected chi connectivity index (χ3v) is 9.96. The molecule has 41 heavy (non-hydrogen) atoms. The number of sulfonamides is 1.